The summed E-state index contributed by atoms with van der Waals surface area (Å²) in [7, 11) is 0. The molecule has 0 aliphatic heterocycles. The van der Waals surface area contributed by atoms with E-state index in [1.54, 1.807) is 24.3 Å². The smallest absolute Gasteiger partial charge is 0.123 e. The lowest BCUT2D eigenvalue weighted by molar-refractivity contribution is 0.282. The first-order valence-corrected chi connectivity index (χ1v) is 5.33. The summed E-state index contributed by atoms with van der Waals surface area (Å²) in [5.41, 5.74) is 1.76. The number of benzene rings is 2. The molecule has 18 heavy (non-hydrogen) atoms. The van der Waals surface area contributed by atoms with Gasteiger partial charge in [-0.3, -0.25) is 0 Å². The molecule has 0 saturated carbocycles. The molecule has 0 saturated heterocycles. The van der Waals surface area contributed by atoms with Crippen LogP contribution in [0.3, 0.4) is 0 Å². The highest BCUT2D eigenvalue weighted by atomic mass is 19.1. The van der Waals surface area contributed by atoms with Gasteiger partial charge in [0.2, 0.25) is 0 Å². The fraction of sp³-hybridized carbons (Fsp3) is 0.0769. The van der Waals surface area contributed by atoms with Crippen LogP contribution in [0.1, 0.15) is 5.56 Å². The largest absolute Gasteiger partial charge is 0.392 e. The Morgan fingerprint density at radius 3 is 1.94 bits per heavy atom. The molecule has 4 nitrogen and oxygen atoms in total. The van der Waals surface area contributed by atoms with Crippen LogP contribution in [-0.4, -0.2) is 5.11 Å². The van der Waals surface area contributed by atoms with Crippen molar-refractivity contribution in [2.24, 2.45) is 5.29 Å². The number of aliphatic hydroxyl groups excluding tert-OH is 1. The zero-order valence-corrected chi connectivity index (χ0v) is 9.45. The summed E-state index contributed by atoms with van der Waals surface area (Å²) >= 11 is 0. The summed E-state index contributed by atoms with van der Waals surface area (Å²) in [5.74, 6) is -0.375. The third-order valence-electron chi connectivity index (χ3n) is 2.52. The number of hydrogen-bond donors (Lipinski definition) is 1. The maximum Gasteiger partial charge on any atom is 0.123 e. The average molecular weight is 246 g/mol. The van der Waals surface area contributed by atoms with Crippen LogP contribution >= 0.6 is 0 Å². The molecule has 0 amide bonds. The molecular weight excluding hydrogens is 235 g/mol. The van der Waals surface area contributed by atoms with Gasteiger partial charge in [-0.05, 0) is 42.0 Å². The first-order chi connectivity index (χ1) is 8.74. The minimum Gasteiger partial charge on any atom is -0.392 e. The van der Waals surface area contributed by atoms with Crippen LogP contribution in [0, 0.1) is 10.7 Å². The van der Waals surface area contributed by atoms with E-state index in [9.17, 15) is 9.30 Å². The molecule has 0 aromatic heterocycles. The fourth-order valence-corrected chi connectivity index (χ4v) is 1.57. The lowest BCUT2D eigenvalue weighted by Gasteiger charge is -2.15. The van der Waals surface area contributed by atoms with Gasteiger partial charge in [0.25, 0.3) is 0 Å². The van der Waals surface area contributed by atoms with Crippen LogP contribution in [0.4, 0.5) is 15.8 Å². The second kappa shape index (κ2) is 5.37. The van der Waals surface area contributed by atoms with Crippen LogP contribution in [0.2, 0.25) is 0 Å². The highest BCUT2D eigenvalue weighted by Crippen LogP contribution is 2.26. The monoisotopic (exact) mass is 246 g/mol. The number of nitrogens with zero attached hydrogens (tertiary/aromatic N) is 2. The summed E-state index contributed by atoms with van der Waals surface area (Å²) in [4.78, 5) is 10.9. The van der Waals surface area contributed by atoms with Gasteiger partial charge < -0.3 is 5.11 Å². The van der Waals surface area contributed by atoms with E-state index in [-0.39, 0.29) is 12.4 Å². The third kappa shape index (κ3) is 2.52. The quantitative estimate of drug-likeness (QED) is 0.666. The zero-order chi connectivity index (χ0) is 13.0. The van der Waals surface area contributed by atoms with Crippen molar-refractivity contribution in [3.05, 3.63) is 64.8 Å². The lowest BCUT2D eigenvalue weighted by atomic mass is 10.2. The summed E-state index contributed by atoms with van der Waals surface area (Å²) in [6.07, 6.45) is 0. The summed E-state index contributed by atoms with van der Waals surface area (Å²) in [6, 6.07) is 12.2. The molecule has 0 aliphatic carbocycles. The molecule has 2 aromatic carbocycles. The van der Waals surface area contributed by atoms with E-state index in [0.29, 0.717) is 11.4 Å². The van der Waals surface area contributed by atoms with Gasteiger partial charge in [-0.25, -0.2) is 4.39 Å². The molecule has 1 N–H and O–H groups in total. The first-order valence-electron chi connectivity index (χ1n) is 5.33. The Kier molecular flexibility index (Phi) is 3.64. The van der Waals surface area contributed by atoms with Gasteiger partial charge in [-0.1, -0.05) is 12.1 Å². The molecule has 0 radical (unpaired) electrons. The highest BCUT2D eigenvalue weighted by Gasteiger charge is 2.09. The van der Waals surface area contributed by atoms with Crippen molar-refractivity contribution in [1.82, 2.24) is 0 Å². The molecule has 0 atom stereocenters. The molecule has 0 heterocycles. The van der Waals surface area contributed by atoms with Gasteiger partial charge in [-0.2, -0.15) is 5.01 Å². The minimum atomic E-state index is -0.375. The molecule has 2 rings (SSSR count). The van der Waals surface area contributed by atoms with Crippen molar-refractivity contribution in [3.8, 4) is 0 Å². The number of aliphatic hydroxyl groups is 1. The molecule has 0 bridgehead atoms. The first kappa shape index (κ1) is 12.2. The van der Waals surface area contributed by atoms with Gasteiger partial charge >= 0.3 is 0 Å². The maximum absolute atomic E-state index is 12.8. The van der Waals surface area contributed by atoms with E-state index in [1.165, 1.54) is 24.3 Å². The second-order valence-electron chi connectivity index (χ2n) is 3.69. The van der Waals surface area contributed by atoms with Crippen LogP contribution in [0.5, 0.6) is 0 Å². The predicted molar refractivity (Wildman–Crippen MR) is 66.7 cm³/mol. The molecule has 0 aliphatic rings. The predicted octanol–water partition coefficient (Wildman–Crippen LogP) is 3.14. The average Bonchev–Trinajstić information content (AvgIpc) is 2.42. The number of nitroso groups, excluding NO2 is 1. The Morgan fingerprint density at radius 1 is 1.00 bits per heavy atom. The van der Waals surface area contributed by atoms with Gasteiger partial charge in [0.1, 0.15) is 5.82 Å². The topological polar surface area (TPSA) is 52.9 Å². The van der Waals surface area contributed by atoms with Gasteiger partial charge in [0.05, 0.1) is 23.3 Å². The Balaban J connectivity index is 2.32. The Hall–Kier alpha value is -2.27. The second-order valence-corrected chi connectivity index (χ2v) is 3.69. The number of hydrogen-bond acceptors (Lipinski definition) is 3. The van der Waals surface area contributed by atoms with Gasteiger partial charge in [0.15, 0.2) is 0 Å². The number of rotatable bonds is 4. The van der Waals surface area contributed by atoms with Crippen LogP contribution in [0.15, 0.2) is 53.8 Å². The van der Waals surface area contributed by atoms with Crippen molar-refractivity contribution >= 4 is 11.4 Å². The summed E-state index contributed by atoms with van der Waals surface area (Å²) in [5, 5.41) is 13.0. The van der Waals surface area contributed by atoms with Crippen molar-refractivity contribution in [2.45, 2.75) is 6.61 Å². The zero-order valence-electron chi connectivity index (χ0n) is 9.45. The van der Waals surface area contributed by atoms with Crippen molar-refractivity contribution in [3.63, 3.8) is 0 Å². The SMILES string of the molecule is O=NN(c1ccc(F)cc1)c1ccc(CO)cc1. The minimum absolute atomic E-state index is 0.0641. The molecule has 0 spiro atoms. The van der Waals surface area contributed by atoms with Crippen molar-refractivity contribution in [2.75, 3.05) is 5.01 Å². The normalized spacial score (nSPS) is 10.1. The third-order valence-corrected chi connectivity index (χ3v) is 2.52. The van der Waals surface area contributed by atoms with Crippen molar-refractivity contribution < 1.29 is 9.50 Å². The van der Waals surface area contributed by atoms with Crippen LogP contribution in [-0.2, 0) is 6.61 Å². The van der Waals surface area contributed by atoms with E-state index in [1.807, 2.05) is 0 Å². The molecule has 0 fully saturated rings. The molecule has 92 valence electrons. The van der Waals surface area contributed by atoms with E-state index >= 15 is 0 Å². The van der Waals surface area contributed by atoms with E-state index in [0.717, 1.165) is 10.6 Å². The van der Waals surface area contributed by atoms with Gasteiger partial charge in [-0.15, -0.1) is 4.91 Å². The van der Waals surface area contributed by atoms with Crippen LogP contribution in [0.25, 0.3) is 0 Å². The number of halogens is 1. The number of anilines is 2. The summed E-state index contributed by atoms with van der Waals surface area (Å²) < 4.78 is 12.8. The maximum atomic E-state index is 12.8. The molecule has 5 heteroatoms. The van der Waals surface area contributed by atoms with Crippen LogP contribution < -0.4 is 5.01 Å². The van der Waals surface area contributed by atoms with E-state index < -0.39 is 0 Å². The summed E-state index contributed by atoms with van der Waals surface area (Å²) in [6.45, 7) is -0.0641. The Morgan fingerprint density at radius 2 is 1.50 bits per heavy atom. The van der Waals surface area contributed by atoms with E-state index in [2.05, 4.69) is 5.29 Å². The van der Waals surface area contributed by atoms with Gasteiger partial charge in [0, 0.05) is 0 Å². The standard InChI is InChI=1S/C13H11FN2O2/c14-11-3-7-13(8-4-11)16(15-18)12-5-1-10(9-17)2-6-12/h1-8,17H,9H2. The fourth-order valence-electron chi connectivity index (χ4n) is 1.57. The van der Waals surface area contributed by atoms with E-state index in [4.69, 9.17) is 5.11 Å². The molecule has 2 aromatic rings. The molecular formula is C13H11FN2O2. The lowest BCUT2D eigenvalue weighted by Crippen LogP contribution is -2.07. The van der Waals surface area contributed by atoms with Crippen molar-refractivity contribution in [1.29, 1.82) is 0 Å². The highest BCUT2D eigenvalue weighted by molar-refractivity contribution is 5.62. The molecule has 0 unspecified atom stereocenters. The Labute approximate surface area is 103 Å². The Bertz CT molecular complexity index is 526.